The number of benzene rings is 1. The molecule has 12 heteroatoms. The van der Waals surface area contributed by atoms with Crippen LogP contribution in [-0.2, 0) is 14.8 Å². The molecule has 0 bridgehead atoms. The highest BCUT2D eigenvalue weighted by Gasteiger charge is 2.16. The van der Waals surface area contributed by atoms with E-state index >= 15 is 0 Å². The van der Waals surface area contributed by atoms with Gasteiger partial charge in [-0.05, 0) is 54.4 Å². The van der Waals surface area contributed by atoms with Gasteiger partial charge in [-0.1, -0.05) is 37.2 Å². The van der Waals surface area contributed by atoms with E-state index in [0.717, 1.165) is 5.69 Å². The van der Waals surface area contributed by atoms with Gasteiger partial charge in [0.15, 0.2) is 11.0 Å². The first kappa shape index (κ1) is 24.4. The second-order valence-electron chi connectivity index (χ2n) is 7.06. The number of nitriles is 1. The number of thioether (sulfide) groups is 1. The van der Waals surface area contributed by atoms with Crippen LogP contribution in [0.5, 0.6) is 0 Å². The van der Waals surface area contributed by atoms with Crippen molar-refractivity contribution in [2.75, 3.05) is 15.8 Å². The molecule has 9 nitrogen and oxygen atoms in total. The zero-order valence-corrected chi connectivity index (χ0v) is 20.0. The lowest BCUT2D eigenvalue weighted by molar-refractivity contribution is -0.113. The molecule has 1 amide bonds. The number of nitrogens with one attached hydrogen (secondary N) is 2. The number of pyridine rings is 1. The monoisotopic (exact) mass is 502 g/mol. The minimum Gasteiger partial charge on any atom is -0.325 e. The second-order valence-corrected chi connectivity index (χ2v) is 10.1. The van der Waals surface area contributed by atoms with Crippen LogP contribution >= 0.6 is 23.4 Å². The van der Waals surface area contributed by atoms with Crippen molar-refractivity contribution in [3.8, 4) is 6.07 Å². The van der Waals surface area contributed by atoms with Crippen LogP contribution in [0.4, 0.5) is 11.5 Å². The average molecular weight is 503 g/mol. The smallest absolute Gasteiger partial charge is 0.263 e. The number of hydrogen-bond donors (Lipinski definition) is 2. The van der Waals surface area contributed by atoms with Gasteiger partial charge in [-0.2, -0.15) is 5.26 Å². The number of carbonyl (C=O) groups is 1. The molecule has 2 aromatic heterocycles. The molecule has 0 saturated carbocycles. The Morgan fingerprint density at radius 2 is 1.85 bits per heavy atom. The lowest BCUT2D eigenvalue weighted by atomic mass is 10.1. The molecule has 0 radical (unpaired) electrons. The van der Waals surface area contributed by atoms with E-state index in [1.54, 1.807) is 12.1 Å². The maximum atomic E-state index is 12.5. The fraction of sp³-hybridized carbons (Fsp3) is 0.190. The van der Waals surface area contributed by atoms with Gasteiger partial charge in [-0.3, -0.25) is 9.52 Å². The molecule has 0 spiro atoms. The van der Waals surface area contributed by atoms with Gasteiger partial charge in [0, 0.05) is 11.4 Å². The standard InChI is InChI=1S/C21H19ClN6O3S2/c1-13(2)17-8-3-14(11-23)21(25-17)32-12-20(29)24-15-4-6-16(7-5-15)33(30,31)28-19-10-9-18(22)26-27-19/h3-10,13H,12H2,1-2H3,(H,24,29)(H,27,28). The topological polar surface area (TPSA) is 138 Å². The minimum absolute atomic E-state index is 0.0139. The maximum Gasteiger partial charge on any atom is 0.263 e. The van der Waals surface area contributed by atoms with Crippen LogP contribution in [0.25, 0.3) is 0 Å². The van der Waals surface area contributed by atoms with Gasteiger partial charge in [0.1, 0.15) is 11.1 Å². The summed E-state index contributed by atoms with van der Waals surface area (Å²) in [6, 6.07) is 14.1. The Hall–Kier alpha value is -3.20. The molecule has 0 saturated heterocycles. The number of halogens is 1. The molecule has 0 fully saturated rings. The summed E-state index contributed by atoms with van der Waals surface area (Å²) in [4.78, 5) is 16.8. The number of hydrogen-bond acceptors (Lipinski definition) is 8. The number of amides is 1. The molecule has 0 atom stereocenters. The van der Waals surface area contributed by atoms with Gasteiger partial charge < -0.3 is 5.32 Å². The Morgan fingerprint density at radius 1 is 1.12 bits per heavy atom. The number of sulfonamides is 1. The van der Waals surface area contributed by atoms with E-state index in [1.807, 2.05) is 13.8 Å². The molecule has 1 aromatic carbocycles. The fourth-order valence-corrected chi connectivity index (χ4v) is 4.46. The van der Waals surface area contributed by atoms with Gasteiger partial charge in [0.25, 0.3) is 10.0 Å². The first-order valence-electron chi connectivity index (χ1n) is 9.64. The average Bonchev–Trinajstić information content (AvgIpc) is 2.79. The van der Waals surface area contributed by atoms with E-state index in [2.05, 4.69) is 31.3 Å². The first-order chi connectivity index (χ1) is 15.7. The molecular formula is C21H19ClN6O3S2. The number of rotatable bonds is 8. The van der Waals surface area contributed by atoms with Crippen molar-refractivity contribution >= 4 is 50.8 Å². The summed E-state index contributed by atoms with van der Waals surface area (Å²) in [6.07, 6.45) is 0. The summed E-state index contributed by atoms with van der Waals surface area (Å²) in [5.41, 5.74) is 1.67. The van der Waals surface area contributed by atoms with Gasteiger partial charge in [0.2, 0.25) is 5.91 Å². The second kappa shape index (κ2) is 10.6. The molecule has 3 aromatic rings. The van der Waals surface area contributed by atoms with Crippen LogP contribution < -0.4 is 10.0 Å². The van der Waals surface area contributed by atoms with Crippen molar-refractivity contribution in [3.05, 3.63) is 64.9 Å². The van der Waals surface area contributed by atoms with Gasteiger partial charge >= 0.3 is 0 Å². The summed E-state index contributed by atoms with van der Waals surface area (Å²) in [5.74, 6) is -0.0477. The highest BCUT2D eigenvalue weighted by atomic mass is 35.5. The number of carbonyl (C=O) groups excluding carboxylic acids is 1. The van der Waals surface area contributed by atoms with Crippen LogP contribution in [0.2, 0.25) is 5.15 Å². The van der Waals surface area contributed by atoms with E-state index in [1.165, 1.54) is 48.2 Å². The van der Waals surface area contributed by atoms with Crippen molar-refractivity contribution in [1.29, 1.82) is 5.26 Å². The van der Waals surface area contributed by atoms with Crippen molar-refractivity contribution in [1.82, 2.24) is 15.2 Å². The molecule has 0 aliphatic rings. The van der Waals surface area contributed by atoms with Crippen molar-refractivity contribution in [2.45, 2.75) is 29.7 Å². The quantitative estimate of drug-likeness (QED) is 0.440. The Kier molecular flexibility index (Phi) is 7.86. The van der Waals surface area contributed by atoms with Gasteiger partial charge in [-0.25, -0.2) is 13.4 Å². The molecule has 0 unspecified atom stereocenters. The highest BCUT2D eigenvalue weighted by Crippen LogP contribution is 2.24. The SMILES string of the molecule is CC(C)c1ccc(C#N)c(SCC(=O)Nc2ccc(S(=O)(=O)Nc3ccc(Cl)nn3)cc2)n1. The Labute approximate surface area is 200 Å². The maximum absolute atomic E-state index is 12.5. The highest BCUT2D eigenvalue weighted by molar-refractivity contribution is 8.00. The van der Waals surface area contributed by atoms with Gasteiger partial charge in [0.05, 0.1) is 16.2 Å². The van der Waals surface area contributed by atoms with Crippen LogP contribution in [0.15, 0.2) is 58.5 Å². The normalized spacial score (nSPS) is 11.1. The third kappa shape index (κ3) is 6.64. The predicted octanol–water partition coefficient (Wildman–Crippen LogP) is 4.05. The molecule has 0 aliphatic carbocycles. The van der Waals surface area contributed by atoms with Crippen molar-refractivity contribution in [2.24, 2.45) is 0 Å². The number of anilines is 2. The molecule has 2 heterocycles. The summed E-state index contributed by atoms with van der Waals surface area (Å²) < 4.78 is 27.3. The van der Waals surface area contributed by atoms with Crippen LogP contribution in [0.1, 0.15) is 31.0 Å². The summed E-state index contributed by atoms with van der Waals surface area (Å²) >= 11 is 6.81. The minimum atomic E-state index is -3.89. The van der Waals surface area contributed by atoms with E-state index < -0.39 is 10.0 Å². The lowest BCUT2D eigenvalue weighted by Gasteiger charge is -2.10. The molecule has 2 N–H and O–H groups in total. The van der Waals surface area contributed by atoms with E-state index in [-0.39, 0.29) is 33.4 Å². The lowest BCUT2D eigenvalue weighted by Crippen LogP contribution is -2.16. The molecule has 0 aliphatic heterocycles. The first-order valence-corrected chi connectivity index (χ1v) is 12.5. The molecule has 3 rings (SSSR count). The summed E-state index contributed by atoms with van der Waals surface area (Å²) in [5, 5.41) is 19.9. The Balaban J connectivity index is 1.62. The van der Waals surface area contributed by atoms with Gasteiger partial charge in [-0.15, -0.1) is 10.2 Å². The largest absolute Gasteiger partial charge is 0.325 e. The van der Waals surface area contributed by atoms with Crippen LogP contribution in [-0.4, -0.2) is 35.3 Å². The van der Waals surface area contributed by atoms with Crippen LogP contribution in [0, 0.1) is 11.3 Å². The van der Waals surface area contributed by atoms with E-state index in [4.69, 9.17) is 11.6 Å². The Morgan fingerprint density at radius 3 is 2.45 bits per heavy atom. The third-order valence-corrected chi connectivity index (χ3v) is 6.82. The van der Waals surface area contributed by atoms with E-state index in [0.29, 0.717) is 16.3 Å². The Bertz CT molecular complexity index is 1290. The van der Waals surface area contributed by atoms with Crippen molar-refractivity contribution < 1.29 is 13.2 Å². The van der Waals surface area contributed by atoms with E-state index in [9.17, 15) is 18.5 Å². The zero-order chi connectivity index (χ0) is 24.0. The molecular weight excluding hydrogens is 484 g/mol. The molecule has 170 valence electrons. The van der Waals surface area contributed by atoms with Crippen LogP contribution in [0.3, 0.4) is 0 Å². The number of nitrogens with zero attached hydrogens (tertiary/aromatic N) is 4. The third-order valence-electron chi connectivity index (χ3n) is 4.25. The number of aromatic nitrogens is 3. The molecule has 33 heavy (non-hydrogen) atoms. The zero-order valence-electron chi connectivity index (χ0n) is 17.6. The summed E-state index contributed by atoms with van der Waals surface area (Å²) in [6.45, 7) is 4.00. The van der Waals surface area contributed by atoms with Crippen molar-refractivity contribution in [3.63, 3.8) is 0 Å². The summed E-state index contributed by atoms with van der Waals surface area (Å²) in [7, 11) is -3.89. The predicted molar refractivity (Wildman–Crippen MR) is 127 cm³/mol. The fourth-order valence-electron chi connectivity index (χ4n) is 2.59.